The van der Waals surface area contributed by atoms with Crippen LogP contribution in [-0.4, -0.2) is 38.2 Å². The van der Waals surface area contributed by atoms with Crippen molar-refractivity contribution in [3.63, 3.8) is 0 Å². The lowest BCUT2D eigenvalue weighted by atomic mass is 10.1. The summed E-state index contributed by atoms with van der Waals surface area (Å²) in [5.74, 6) is -0.115. The van der Waals surface area contributed by atoms with Crippen molar-refractivity contribution in [2.45, 2.75) is 0 Å². The Bertz CT molecular complexity index is 813. The van der Waals surface area contributed by atoms with Crippen molar-refractivity contribution in [3.8, 4) is 5.75 Å². The molecule has 1 amide bonds. The van der Waals surface area contributed by atoms with Gasteiger partial charge < -0.3 is 20.1 Å². The number of ether oxygens (including phenoxy) is 2. The molecule has 2 aromatic carbocycles. The highest BCUT2D eigenvalue weighted by atomic mass is 35.5. The quantitative estimate of drug-likeness (QED) is 0.413. The smallest absolute Gasteiger partial charge is 0.270 e. The van der Waals surface area contributed by atoms with E-state index in [2.05, 4.69) is 10.6 Å². The van der Waals surface area contributed by atoms with Gasteiger partial charge >= 0.3 is 0 Å². The van der Waals surface area contributed by atoms with Crippen LogP contribution in [0.4, 0.5) is 17.1 Å². The van der Waals surface area contributed by atoms with Gasteiger partial charge in [0.15, 0.2) is 0 Å². The molecule has 9 heteroatoms. The van der Waals surface area contributed by atoms with Crippen molar-refractivity contribution in [3.05, 3.63) is 57.1 Å². The number of carbonyl (C=O) groups is 1. The fourth-order valence-corrected chi connectivity index (χ4v) is 2.42. The zero-order valence-electron chi connectivity index (χ0n) is 14.2. The van der Waals surface area contributed by atoms with Crippen LogP contribution in [0.1, 0.15) is 10.4 Å². The number of anilines is 2. The first-order chi connectivity index (χ1) is 12.5. The van der Waals surface area contributed by atoms with Crippen LogP contribution >= 0.6 is 11.6 Å². The van der Waals surface area contributed by atoms with E-state index >= 15 is 0 Å². The normalized spacial score (nSPS) is 10.3. The lowest BCUT2D eigenvalue weighted by molar-refractivity contribution is -0.384. The molecule has 0 atom stereocenters. The highest BCUT2D eigenvalue weighted by molar-refractivity contribution is 6.31. The molecule has 0 aromatic heterocycles. The maximum Gasteiger partial charge on any atom is 0.270 e. The summed E-state index contributed by atoms with van der Waals surface area (Å²) in [6.07, 6.45) is 0. The first kappa shape index (κ1) is 19.5. The second-order valence-electron chi connectivity index (χ2n) is 5.21. The van der Waals surface area contributed by atoms with E-state index in [-0.39, 0.29) is 11.3 Å². The van der Waals surface area contributed by atoms with Gasteiger partial charge in [-0.2, -0.15) is 0 Å². The van der Waals surface area contributed by atoms with Crippen LogP contribution in [0, 0.1) is 10.1 Å². The maximum atomic E-state index is 12.7. The fraction of sp³-hybridized carbons (Fsp3) is 0.235. The average molecular weight is 380 g/mol. The summed E-state index contributed by atoms with van der Waals surface area (Å²) < 4.78 is 10.2. The summed E-state index contributed by atoms with van der Waals surface area (Å²) >= 11 is 5.96. The Kier molecular flexibility index (Phi) is 6.76. The van der Waals surface area contributed by atoms with Gasteiger partial charge in [0.2, 0.25) is 0 Å². The van der Waals surface area contributed by atoms with Gasteiger partial charge in [-0.1, -0.05) is 11.6 Å². The summed E-state index contributed by atoms with van der Waals surface area (Å²) in [6, 6.07) is 8.79. The minimum atomic E-state index is -0.560. The highest BCUT2D eigenvalue weighted by Crippen LogP contribution is 2.29. The Morgan fingerprint density at radius 3 is 2.62 bits per heavy atom. The van der Waals surface area contributed by atoms with Crippen molar-refractivity contribution in [1.82, 2.24) is 0 Å². The number of hydrogen-bond donors (Lipinski definition) is 2. The van der Waals surface area contributed by atoms with E-state index < -0.39 is 10.8 Å². The number of halogens is 1. The molecule has 0 fully saturated rings. The van der Waals surface area contributed by atoms with Gasteiger partial charge in [-0.05, 0) is 24.3 Å². The summed E-state index contributed by atoms with van der Waals surface area (Å²) in [6.45, 7) is 0.856. The molecule has 0 aliphatic carbocycles. The summed E-state index contributed by atoms with van der Waals surface area (Å²) in [5.41, 5.74) is 0.744. The SMILES string of the molecule is COCCNc1ccc([N+](=O)[O-])cc1C(=O)Nc1cc(Cl)ccc1OC. The van der Waals surface area contributed by atoms with E-state index in [4.69, 9.17) is 21.1 Å². The van der Waals surface area contributed by atoms with E-state index in [0.717, 1.165) is 0 Å². The Hall–Kier alpha value is -2.84. The molecule has 0 aliphatic heterocycles. The van der Waals surface area contributed by atoms with E-state index in [0.29, 0.717) is 35.3 Å². The Morgan fingerprint density at radius 1 is 1.19 bits per heavy atom. The van der Waals surface area contributed by atoms with Crippen molar-refractivity contribution in [2.24, 2.45) is 0 Å². The van der Waals surface area contributed by atoms with Crippen LogP contribution < -0.4 is 15.4 Å². The van der Waals surface area contributed by atoms with Gasteiger partial charge in [0, 0.05) is 36.5 Å². The molecule has 0 bridgehead atoms. The van der Waals surface area contributed by atoms with Crippen LogP contribution in [0.25, 0.3) is 0 Å². The van der Waals surface area contributed by atoms with Crippen molar-refractivity contribution in [2.75, 3.05) is 38.0 Å². The summed E-state index contributed by atoms with van der Waals surface area (Å²) in [4.78, 5) is 23.2. The number of nitrogens with one attached hydrogen (secondary N) is 2. The zero-order valence-corrected chi connectivity index (χ0v) is 15.0. The van der Waals surface area contributed by atoms with Crippen LogP contribution in [0.15, 0.2) is 36.4 Å². The molecule has 2 N–H and O–H groups in total. The molecule has 0 heterocycles. The Morgan fingerprint density at radius 2 is 1.96 bits per heavy atom. The molecule has 2 rings (SSSR count). The predicted molar refractivity (Wildman–Crippen MR) is 99.4 cm³/mol. The number of benzene rings is 2. The second-order valence-corrected chi connectivity index (χ2v) is 5.64. The van der Waals surface area contributed by atoms with E-state index in [9.17, 15) is 14.9 Å². The molecule has 0 saturated heterocycles. The minimum Gasteiger partial charge on any atom is -0.495 e. The lowest BCUT2D eigenvalue weighted by Gasteiger charge is -2.14. The van der Waals surface area contributed by atoms with Gasteiger partial charge in [-0.15, -0.1) is 0 Å². The maximum absolute atomic E-state index is 12.7. The Balaban J connectivity index is 2.34. The largest absolute Gasteiger partial charge is 0.495 e. The molecule has 2 aromatic rings. The average Bonchev–Trinajstić information content (AvgIpc) is 2.62. The van der Waals surface area contributed by atoms with Crippen molar-refractivity contribution < 1.29 is 19.2 Å². The lowest BCUT2D eigenvalue weighted by Crippen LogP contribution is -2.17. The second kappa shape index (κ2) is 9.02. The third-order valence-corrected chi connectivity index (χ3v) is 3.73. The minimum absolute atomic E-state index is 0.123. The van der Waals surface area contributed by atoms with Gasteiger partial charge in [-0.3, -0.25) is 14.9 Å². The number of methoxy groups -OCH3 is 2. The van der Waals surface area contributed by atoms with E-state index in [1.807, 2.05) is 0 Å². The molecule has 0 aliphatic rings. The van der Waals surface area contributed by atoms with Crippen LogP contribution in [-0.2, 0) is 4.74 Å². The molecule has 0 saturated carbocycles. The molecule has 138 valence electrons. The highest BCUT2D eigenvalue weighted by Gasteiger charge is 2.18. The van der Waals surface area contributed by atoms with E-state index in [1.165, 1.54) is 31.4 Å². The number of nitrogens with zero attached hydrogens (tertiary/aromatic N) is 1. The number of nitro benzene ring substituents is 1. The first-order valence-corrected chi connectivity index (χ1v) is 8.00. The van der Waals surface area contributed by atoms with Gasteiger partial charge in [0.25, 0.3) is 11.6 Å². The number of rotatable bonds is 8. The summed E-state index contributed by atoms with van der Waals surface area (Å²) in [7, 11) is 3.01. The molecule has 0 unspecified atom stereocenters. The van der Waals surface area contributed by atoms with Gasteiger partial charge in [0.1, 0.15) is 5.75 Å². The number of hydrogen-bond acceptors (Lipinski definition) is 6. The molecule has 0 radical (unpaired) electrons. The number of non-ortho nitro benzene ring substituents is 1. The number of nitro groups is 1. The number of carbonyl (C=O) groups excluding carboxylic acids is 1. The van der Waals surface area contributed by atoms with E-state index in [1.54, 1.807) is 19.2 Å². The zero-order chi connectivity index (χ0) is 19.1. The van der Waals surface area contributed by atoms with Crippen LogP contribution in [0.3, 0.4) is 0 Å². The number of amides is 1. The molecular formula is C17H18ClN3O5. The standard InChI is InChI=1S/C17H18ClN3O5/c1-25-8-7-19-14-5-4-12(21(23)24)10-13(14)17(22)20-15-9-11(18)3-6-16(15)26-2/h3-6,9-10,19H,7-8H2,1-2H3,(H,20,22). The van der Waals surface area contributed by atoms with Gasteiger partial charge in [0.05, 0.1) is 29.9 Å². The molecule has 8 nitrogen and oxygen atoms in total. The van der Waals surface area contributed by atoms with Crippen LogP contribution in [0.2, 0.25) is 5.02 Å². The Labute approximate surface area is 155 Å². The first-order valence-electron chi connectivity index (χ1n) is 7.62. The predicted octanol–water partition coefficient (Wildman–Crippen LogP) is 3.57. The molecular weight excluding hydrogens is 362 g/mol. The topological polar surface area (TPSA) is 103 Å². The molecule has 26 heavy (non-hydrogen) atoms. The molecule has 0 spiro atoms. The summed E-state index contributed by atoms with van der Waals surface area (Å²) in [5, 5.41) is 17.2. The van der Waals surface area contributed by atoms with Crippen LogP contribution in [0.5, 0.6) is 5.75 Å². The van der Waals surface area contributed by atoms with Crippen molar-refractivity contribution in [1.29, 1.82) is 0 Å². The van der Waals surface area contributed by atoms with Crippen molar-refractivity contribution >= 4 is 34.6 Å². The fourth-order valence-electron chi connectivity index (χ4n) is 2.24. The third kappa shape index (κ3) is 4.84. The third-order valence-electron chi connectivity index (χ3n) is 3.49. The monoisotopic (exact) mass is 379 g/mol. The van der Waals surface area contributed by atoms with Gasteiger partial charge in [-0.25, -0.2) is 0 Å².